The SMILES string of the molecule is CC(NC(N)=NCCCOCC1CCCO1)c1ccc(Cl)cc1Cl. The lowest BCUT2D eigenvalue weighted by atomic mass is 10.1. The summed E-state index contributed by atoms with van der Waals surface area (Å²) in [5.74, 6) is 0.396. The van der Waals surface area contributed by atoms with Crippen LogP contribution >= 0.6 is 23.2 Å². The minimum absolute atomic E-state index is 0.0470. The molecule has 1 aromatic carbocycles. The molecule has 1 aromatic rings. The Balaban J connectivity index is 1.65. The zero-order valence-corrected chi connectivity index (χ0v) is 15.4. The molecule has 5 nitrogen and oxygen atoms in total. The fourth-order valence-corrected chi connectivity index (χ4v) is 3.13. The summed E-state index contributed by atoms with van der Waals surface area (Å²) in [4.78, 5) is 4.31. The van der Waals surface area contributed by atoms with E-state index in [2.05, 4.69) is 10.3 Å². The summed E-state index contributed by atoms with van der Waals surface area (Å²) in [6, 6.07) is 5.36. The van der Waals surface area contributed by atoms with Crippen molar-refractivity contribution in [3.8, 4) is 0 Å². The molecule has 3 N–H and O–H groups in total. The van der Waals surface area contributed by atoms with Gasteiger partial charge in [-0.3, -0.25) is 4.99 Å². The quantitative estimate of drug-likeness (QED) is 0.415. The van der Waals surface area contributed by atoms with E-state index in [1.807, 2.05) is 13.0 Å². The smallest absolute Gasteiger partial charge is 0.189 e. The molecule has 134 valence electrons. The van der Waals surface area contributed by atoms with E-state index in [4.69, 9.17) is 38.4 Å². The van der Waals surface area contributed by atoms with E-state index in [1.54, 1.807) is 12.1 Å². The van der Waals surface area contributed by atoms with Crippen molar-refractivity contribution in [2.24, 2.45) is 10.7 Å². The second kappa shape index (κ2) is 10.1. The van der Waals surface area contributed by atoms with E-state index in [0.29, 0.717) is 35.8 Å². The van der Waals surface area contributed by atoms with E-state index >= 15 is 0 Å². The molecule has 1 heterocycles. The lowest BCUT2D eigenvalue weighted by Gasteiger charge is -2.16. The fourth-order valence-electron chi connectivity index (χ4n) is 2.55. The zero-order chi connectivity index (χ0) is 17.4. The summed E-state index contributed by atoms with van der Waals surface area (Å²) < 4.78 is 11.1. The van der Waals surface area contributed by atoms with Gasteiger partial charge in [-0.25, -0.2) is 0 Å². The first-order chi connectivity index (χ1) is 11.6. The standard InChI is InChI=1S/C17H25Cl2N3O2/c1-12(15-6-5-13(18)10-16(15)19)22-17(20)21-7-3-8-23-11-14-4-2-9-24-14/h5-6,10,12,14H,2-4,7-9,11H2,1H3,(H3,20,21,22). The molecular formula is C17H25Cl2N3O2. The fraction of sp³-hybridized carbons (Fsp3) is 0.588. The van der Waals surface area contributed by atoms with Gasteiger partial charge in [0.25, 0.3) is 0 Å². The van der Waals surface area contributed by atoms with Crippen molar-refractivity contribution >= 4 is 29.2 Å². The third kappa shape index (κ3) is 6.48. The van der Waals surface area contributed by atoms with Crippen LogP contribution < -0.4 is 11.1 Å². The number of hydrogen-bond acceptors (Lipinski definition) is 3. The highest BCUT2D eigenvalue weighted by molar-refractivity contribution is 6.35. The van der Waals surface area contributed by atoms with Gasteiger partial charge in [-0.05, 0) is 43.9 Å². The van der Waals surface area contributed by atoms with Crippen molar-refractivity contribution < 1.29 is 9.47 Å². The van der Waals surface area contributed by atoms with Crippen LogP contribution in [0.5, 0.6) is 0 Å². The number of halogens is 2. The molecule has 0 aromatic heterocycles. The molecule has 0 saturated carbocycles. The number of rotatable bonds is 8. The third-order valence-electron chi connectivity index (χ3n) is 3.85. The molecule has 2 unspecified atom stereocenters. The first-order valence-electron chi connectivity index (χ1n) is 8.27. The predicted molar refractivity (Wildman–Crippen MR) is 98.9 cm³/mol. The molecule has 0 aliphatic carbocycles. The van der Waals surface area contributed by atoms with Crippen molar-refractivity contribution in [3.63, 3.8) is 0 Å². The molecule has 0 amide bonds. The highest BCUT2D eigenvalue weighted by atomic mass is 35.5. The number of nitrogens with zero attached hydrogens (tertiary/aromatic N) is 1. The largest absolute Gasteiger partial charge is 0.379 e. The molecule has 0 radical (unpaired) electrons. The number of nitrogens with one attached hydrogen (secondary N) is 1. The highest BCUT2D eigenvalue weighted by Crippen LogP contribution is 2.25. The molecule has 1 aliphatic heterocycles. The van der Waals surface area contributed by atoms with Crippen molar-refractivity contribution in [1.82, 2.24) is 5.32 Å². The van der Waals surface area contributed by atoms with Gasteiger partial charge in [-0.15, -0.1) is 0 Å². The van der Waals surface area contributed by atoms with E-state index in [1.165, 1.54) is 0 Å². The van der Waals surface area contributed by atoms with E-state index in [9.17, 15) is 0 Å². The molecule has 7 heteroatoms. The van der Waals surface area contributed by atoms with Crippen molar-refractivity contribution in [2.45, 2.75) is 38.3 Å². The van der Waals surface area contributed by atoms with Crippen LogP contribution in [0.2, 0.25) is 10.0 Å². The average Bonchev–Trinajstić information content (AvgIpc) is 3.03. The number of guanidine groups is 1. The zero-order valence-electron chi connectivity index (χ0n) is 13.9. The first-order valence-corrected chi connectivity index (χ1v) is 9.02. The average molecular weight is 374 g/mol. The van der Waals surface area contributed by atoms with Gasteiger partial charge in [0, 0.05) is 29.8 Å². The van der Waals surface area contributed by atoms with Crippen LogP contribution in [-0.4, -0.2) is 38.4 Å². The van der Waals surface area contributed by atoms with E-state index in [-0.39, 0.29) is 12.1 Å². The van der Waals surface area contributed by atoms with Crippen LogP contribution in [0.3, 0.4) is 0 Å². The van der Waals surface area contributed by atoms with Crippen LogP contribution in [0.1, 0.15) is 37.8 Å². The molecular weight excluding hydrogens is 349 g/mol. The Morgan fingerprint density at radius 1 is 1.50 bits per heavy atom. The molecule has 0 spiro atoms. The summed E-state index contributed by atoms with van der Waals surface area (Å²) in [5, 5.41) is 4.35. The maximum atomic E-state index is 6.19. The molecule has 24 heavy (non-hydrogen) atoms. The summed E-state index contributed by atoms with van der Waals surface area (Å²) in [6.45, 7) is 4.78. The Bertz CT molecular complexity index is 549. The van der Waals surface area contributed by atoms with Gasteiger partial charge >= 0.3 is 0 Å². The number of aliphatic imine (C=N–C) groups is 1. The van der Waals surface area contributed by atoms with Gasteiger partial charge in [0.15, 0.2) is 5.96 Å². The van der Waals surface area contributed by atoms with E-state index in [0.717, 1.165) is 31.4 Å². The summed E-state index contributed by atoms with van der Waals surface area (Å²) in [5.41, 5.74) is 6.84. The normalized spacial score (nSPS) is 19.5. The Hall–Kier alpha value is -1.01. The molecule has 2 rings (SSSR count). The minimum Gasteiger partial charge on any atom is -0.379 e. The highest BCUT2D eigenvalue weighted by Gasteiger charge is 2.15. The Morgan fingerprint density at radius 3 is 3.04 bits per heavy atom. The van der Waals surface area contributed by atoms with Crippen molar-refractivity contribution in [3.05, 3.63) is 33.8 Å². The van der Waals surface area contributed by atoms with Crippen molar-refractivity contribution in [1.29, 1.82) is 0 Å². The Kier molecular flexibility index (Phi) is 8.12. The van der Waals surface area contributed by atoms with Crippen LogP contribution in [0.25, 0.3) is 0 Å². The lowest BCUT2D eigenvalue weighted by Crippen LogP contribution is -2.34. The maximum Gasteiger partial charge on any atom is 0.189 e. The third-order valence-corrected chi connectivity index (χ3v) is 4.41. The van der Waals surface area contributed by atoms with Crippen molar-refractivity contribution in [2.75, 3.05) is 26.4 Å². The van der Waals surface area contributed by atoms with Crippen LogP contribution in [-0.2, 0) is 9.47 Å². The second-order valence-corrected chi connectivity index (χ2v) is 6.71. The second-order valence-electron chi connectivity index (χ2n) is 5.86. The van der Waals surface area contributed by atoms with Gasteiger partial charge in [0.2, 0.25) is 0 Å². The predicted octanol–water partition coefficient (Wildman–Crippen LogP) is 3.54. The summed E-state index contributed by atoms with van der Waals surface area (Å²) in [7, 11) is 0. The maximum absolute atomic E-state index is 6.19. The number of nitrogens with two attached hydrogens (primary N) is 1. The molecule has 1 saturated heterocycles. The van der Waals surface area contributed by atoms with Gasteiger partial charge in [-0.1, -0.05) is 29.3 Å². The van der Waals surface area contributed by atoms with E-state index < -0.39 is 0 Å². The lowest BCUT2D eigenvalue weighted by molar-refractivity contribution is 0.0171. The molecule has 1 aliphatic rings. The molecule has 1 fully saturated rings. The van der Waals surface area contributed by atoms with Crippen LogP contribution in [0.15, 0.2) is 23.2 Å². The first kappa shape index (κ1) is 19.3. The number of benzene rings is 1. The molecule has 2 atom stereocenters. The van der Waals surface area contributed by atoms with Gasteiger partial charge in [-0.2, -0.15) is 0 Å². The van der Waals surface area contributed by atoms with Gasteiger partial charge in [0.1, 0.15) is 0 Å². The molecule has 0 bridgehead atoms. The monoisotopic (exact) mass is 373 g/mol. The number of hydrogen-bond donors (Lipinski definition) is 2. The summed E-state index contributed by atoms with van der Waals surface area (Å²) in [6.07, 6.45) is 3.33. The topological polar surface area (TPSA) is 68.9 Å². The van der Waals surface area contributed by atoms with Gasteiger partial charge in [0.05, 0.1) is 18.8 Å². The Morgan fingerprint density at radius 2 is 2.33 bits per heavy atom. The van der Waals surface area contributed by atoms with Crippen LogP contribution in [0, 0.1) is 0 Å². The number of ether oxygens (including phenoxy) is 2. The minimum atomic E-state index is -0.0470. The van der Waals surface area contributed by atoms with Gasteiger partial charge < -0.3 is 20.5 Å². The van der Waals surface area contributed by atoms with Crippen LogP contribution in [0.4, 0.5) is 0 Å². The summed E-state index contributed by atoms with van der Waals surface area (Å²) >= 11 is 12.1. The Labute approximate surface area is 153 Å².